The number of ether oxygens (including phenoxy) is 1. The molecule has 0 bridgehead atoms. The quantitative estimate of drug-likeness (QED) is 0.725. The second kappa shape index (κ2) is 7.52. The van der Waals surface area contributed by atoms with Crippen molar-refractivity contribution >= 4 is 40.6 Å². The Balaban J connectivity index is 1.63. The third kappa shape index (κ3) is 3.89. The summed E-state index contributed by atoms with van der Waals surface area (Å²) in [6.07, 6.45) is 2.39. The first kappa shape index (κ1) is 17.2. The summed E-state index contributed by atoms with van der Waals surface area (Å²) in [7, 11) is 2.92. The van der Waals surface area contributed by atoms with Crippen molar-refractivity contribution in [1.82, 2.24) is 4.98 Å². The molecular weight excluding hydrogens is 334 g/mol. The van der Waals surface area contributed by atoms with Crippen LogP contribution in [0.3, 0.4) is 0 Å². The lowest BCUT2D eigenvalue weighted by Gasteiger charge is -2.15. The van der Waals surface area contributed by atoms with Gasteiger partial charge in [-0.2, -0.15) is 0 Å². The summed E-state index contributed by atoms with van der Waals surface area (Å²) >= 11 is 0. The third-order valence-electron chi connectivity index (χ3n) is 3.66. The van der Waals surface area contributed by atoms with Crippen molar-refractivity contribution in [3.05, 3.63) is 60.5 Å². The minimum absolute atomic E-state index is 0.318. The van der Waals surface area contributed by atoms with Gasteiger partial charge in [0.2, 0.25) is 11.8 Å². The highest BCUT2D eigenvalue weighted by Gasteiger charge is 2.10. The molecule has 0 aliphatic carbocycles. The highest BCUT2D eigenvalue weighted by molar-refractivity contribution is 6.02. The standard InChI is InChI=1S/C19H17N3O4/c1-22(19(24)25-2)14-9-7-13(8-10-14)20-17(23)11-12-18-21-15-5-3-4-6-16(15)26-18/h3-12H,1-2H3,(H,20,23). The molecule has 0 radical (unpaired) electrons. The Hall–Kier alpha value is -3.61. The number of para-hydroxylation sites is 2. The average molecular weight is 351 g/mol. The summed E-state index contributed by atoms with van der Waals surface area (Å²) in [5.74, 6) is 0.0396. The maximum Gasteiger partial charge on any atom is 0.413 e. The lowest BCUT2D eigenvalue weighted by atomic mass is 10.2. The molecule has 26 heavy (non-hydrogen) atoms. The molecule has 1 N–H and O–H groups in total. The molecular formula is C19H17N3O4. The molecule has 0 aliphatic rings. The van der Waals surface area contributed by atoms with Gasteiger partial charge in [0.1, 0.15) is 5.52 Å². The van der Waals surface area contributed by atoms with E-state index in [0.717, 1.165) is 5.52 Å². The van der Waals surface area contributed by atoms with Gasteiger partial charge in [-0.1, -0.05) is 12.1 Å². The van der Waals surface area contributed by atoms with E-state index in [0.29, 0.717) is 22.8 Å². The van der Waals surface area contributed by atoms with Crippen molar-refractivity contribution in [2.24, 2.45) is 0 Å². The summed E-state index contributed by atoms with van der Waals surface area (Å²) in [6, 6.07) is 14.2. The number of nitrogens with zero attached hydrogens (tertiary/aromatic N) is 2. The molecule has 1 aromatic heterocycles. The highest BCUT2D eigenvalue weighted by Crippen LogP contribution is 2.18. The molecule has 3 aromatic rings. The Bertz CT molecular complexity index is 927. The molecule has 0 unspecified atom stereocenters. The zero-order valence-electron chi connectivity index (χ0n) is 14.3. The molecule has 0 saturated heterocycles. The molecule has 7 nitrogen and oxygen atoms in total. The fourth-order valence-electron chi connectivity index (χ4n) is 2.30. The molecule has 7 heteroatoms. The summed E-state index contributed by atoms with van der Waals surface area (Å²) in [4.78, 5) is 29.1. The third-order valence-corrected chi connectivity index (χ3v) is 3.66. The number of hydrogen-bond donors (Lipinski definition) is 1. The molecule has 3 rings (SSSR count). The van der Waals surface area contributed by atoms with E-state index >= 15 is 0 Å². The van der Waals surface area contributed by atoms with Crippen LogP contribution >= 0.6 is 0 Å². The topological polar surface area (TPSA) is 84.7 Å². The number of anilines is 2. The van der Waals surface area contributed by atoms with Crippen LogP contribution in [0, 0.1) is 0 Å². The van der Waals surface area contributed by atoms with Crippen LogP contribution < -0.4 is 10.2 Å². The van der Waals surface area contributed by atoms with Gasteiger partial charge >= 0.3 is 6.09 Å². The first-order valence-corrected chi connectivity index (χ1v) is 7.83. The van der Waals surface area contributed by atoms with Crippen LogP contribution in [0.25, 0.3) is 17.2 Å². The van der Waals surface area contributed by atoms with Crippen molar-refractivity contribution in [2.75, 3.05) is 24.4 Å². The zero-order chi connectivity index (χ0) is 18.5. The smallest absolute Gasteiger partial charge is 0.413 e. The van der Waals surface area contributed by atoms with E-state index in [1.54, 1.807) is 31.3 Å². The van der Waals surface area contributed by atoms with Gasteiger partial charge in [0.15, 0.2) is 5.58 Å². The fraction of sp³-hybridized carbons (Fsp3) is 0.105. The summed E-state index contributed by atoms with van der Waals surface area (Å²) in [6.45, 7) is 0. The van der Waals surface area contributed by atoms with Crippen LogP contribution in [-0.4, -0.2) is 31.1 Å². The maximum atomic E-state index is 12.0. The van der Waals surface area contributed by atoms with E-state index in [9.17, 15) is 9.59 Å². The van der Waals surface area contributed by atoms with Gasteiger partial charge in [-0.3, -0.25) is 9.69 Å². The second-order valence-electron chi connectivity index (χ2n) is 5.42. The first-order chi connectivity index (χ1) is 12.6. The number of rotatable bonds is 4. The summed E-state index contributed by atoms with van der Waals surface area (Å²) in [5, 5.41) is 2.73. The van der Waals surface area contributed by atoms with Crippen LogP contribution in [0.1, 0.15) is 5.89 Å². The molecule has 0 fully saturated rings. The molecule has 132 valence electrons. The van der Waals surface area contributed by atoms with E-state index in [1.165, 1.54) is 24.2 Å². The average Bonchev–Trinajstić information content (AvgIpc) is 3.09. The number of methoxy groups -OCH3 is 1. The lowest BCUT2D eigenvalue weighted by Crippen LogP contribution is -2.25. The van der Waals surface area contributed by atoms with Crippen molar-refractivity contribution in [1.29, 1.82) is 0 Å². The monoisotopic (exact) mass is 351 g/mol. The van der Waals surface area contributed by atoms with Crippen molar-refractivity contribution < 1.29 is 18.7 Å². The number of carbonyl (C=O) groups is 2. The molecule has 0 atom stereocenters. The van der Waals surface area contributed by atoms with Gasteiger partial charge in [0, 0.05) is 30.6 Å². The fourth-order valence-corrected chi connectivity index (χ4v) is 2.30. The summed E-state index contributed by atoms with van der Waals surface area (Å²) in [5.41, 5.74) is 2.65. The predicted octanol–water partition coefficient (Wildman–Crippen LogP) is 3.68. The van der Waals surface area contributed by atoms with E-state index in [2.05, 4.69) is 15.0 Å². The van der Waals surface area contributed by atoms with Gasteiger partial charge in [0.05, 0.1) is 7.11 Å². The van der Waals surface area contributed by atoms with Gasteiger partial charge in [-0.15, -0.1) is 0 Å². The lowest BCUT2D eigenvalue weighted by molar-refractivity contribution is -0.111. The minimum atomic E-state index is -0.469. The van der Waals surface area contributed by atoms with E-state index in [1.807, 2.05) is 24.3 Å². The van der Waals surface area contributed by atoms with E-state index in [-0.39, 0.29) is 5.91 Å². The minimum Gasteiger partial charge on any atom is -0.452 e. The van der Waals surface area contributed by atoms with Crippen molar-refractivity contribution in [2.45, 2.75) is 0 Å². The molecule has 0 spiro atoms. The van der Waals surface area contributed by atoms with Gasteiger partial charge in [0.25, 0.3) is 0 Å². The van der Waals surface area contributed by atoms with Crippen molar-refractivity contribution in [3.8, 4) is 0 Å². The normalized spacial score (nSPS) is 10.8. The van der Waals surface area contributed by atoms with Gasteiger partial charge < -0.3 is 14.5 Å². The van der Waals surface area contributed by atoms with Gasteiger partial charge in [-0.25, -0.2) is 9.78 Å². The number of carbonyl (C=O) groups excluding carboxylic acids is 2. The van der Waals surface area contributed by atoms with Gasteiger partial charge in [-0.05, 0) is 36.4 Å². The number of amides is 2. The van der Waals surface area contributed by atoms with Crippen LogP contribution in [0.4, 0.5) is 16.2 Å². The van der Waals surface area contributed by atoms with E-state index < -0.39 is 6.09 Å². The largest absolute Gasteiger partial charge is 0.452 e. The number of oxazole rings is 1. The van der Waals surface area contributed by atoms with Crippen molar-refractivity contribution in [3.63, 3.8) is 0 Å². The first-order valence-electron chi connectivity index (χ1n) is 7.83. The van der Waals surface area contributed by atoms with Crippen LogP contribution in [0.2, 0.25) is 0 Å². The van der Waals surface area contributed by atoms with Crippen LogP contribution in [0.15, 0.2) is 59.0 Å². The Morgan fingerprint density at radius 3 is 2.58 bits per heavy atom. The Morgan fingerprint density at radius 1 is 1.15 bits per heavy atom. The molecule has 0 saturated carbocycles. The van der Waals surface area contributed by atoms with Crippen LogP contribution in [0.5, 0.6) is 0 Å². The zero-order valence-corrected chi connectivity index (χ0v) is 14.3. The predicted molar refractivity (Wildman–Crippen MR) is 98.9 cm³/mol. The number of nitrogens with one attached hydrogen (secondary N) is 1. The molecule has 1 heterocycles. The Kier molecular flexibility index (Phi) is 4.98. The molecule has 2 aromatic carbocycles. The molecule has 0 aliphatic heterocycles. The highest BCUT2D eigenvalue weighted by atomic mass is 16.5. The number of fused-ring (bicyclic) bond motifs is 1. The number of benzene rings is 2. The summed E-state index contributed by atoms with van der Waals surface area (Å²) < 4.78 is 10.2. The number of hydrogen-bond acceptors (Lipinski definition) is 5. The molecule has 2 amide bonds. The number of aromatic nitrogens is 1. The second-order valence-corrected chi connectivity index (χ2v) is 5.42. The van der Waals surface area contributed by atoms with Crippen LogP contribution in [-0.2, 0) is 9.53 Å². The SMILES string of the molecule is COC(=O)N(C)c1ccc(NC(=O)C=Cc2nc3ccccc3o2)cc1. The maximum absolute atomic E-state index is 12.0. The van der Waals surface area contributed by atoms with E-state index in [4.69, 9.17) is 4.42 Å². The Labute approximate surface area is 149 Å². The Morgan fingerprint density at radius 2 is 1.88 bits per heavy atom.